The average Bonchev–Trinajstić information content (AvgIpc) is 3.25. The summed E-state index contributed by atoms with van der Waals surface area (Å²) in [6.45, 7) is 8.11. The molecular formula is C24H23N3OS2. The molecule has 2 aromatic carbocycles. The smallest absolute Gasteiger partial charge is 0.266 e. The predicted molar refractivity (Wildman–Crippen MR) is 129 cm³/mol. The fourth-order valence-electron chi connectivity index (χ4n) is 3.47. The number of carbonyl (C=O) groups excluding carboxylic acids is 1. The van der Waals surface area contributed by atoms with E-state index in [4.69, 9.17) is 17.3 Å². The number of carbonyl (C=O) groups is 1. The highest BCUT2D eigenvalue weighted by atomic mass is 32.2. The molecule has 0 saturated carbocycles. The Balaban J connectivity index is 1.87. The van der Waals surface area contributed by atoms with E-state index in [0.717, 1.165) is 28.1 Å². The van der Waals surface area contributed by atoms with Crippen molar-refractivity contribution in [3.8, 4) is 16.9 Å². The second-order valence-corrected chi connectivity index (χ2v) is 9.35. The van der Waals surface area contributed by atoms with Crippen LogP contribution in [0.4, 0.5) is 0 Å². The maximum atomic E-state index is 12.9. The van der Waals surface area contributed by atoms with Gasteiger partial charge in [0.2, 0.25) is 0 Å². The molecule has 2 heterocycles. The minimum absolute atomic E-state index is 0.0360. The molecule has 0 radical (unpaired) electrons. The number of rotatable bonds is 4. The zero-order chi connectivity index (χ0) is 21.4. The number of thiocarbonyl (C=S) groups is 1. The molecule has 4 rings (SSSR count). The minimum atomic E-state index is -0.0422. The molecule has 0 atom stereocenters. The number of nitrogens with zero attached hydrogens (tertiary/aromatic N) is 3. The molecule has 0 bridgehead atoms. The summed E-state index contributed by atoms with van der Waals surface area (Å²) in [5.74, 6) is -0.0422. The van der Waals surface area contributed by atoms with E-state index in [1.54, 1.807) is 4.90 Å². The van der Waals surface area contributed by atoms with E-state index >= 15 is 0 Å². The molecule has 1 aromatic heterocycles. The zero-order valence-electron chi connectivity index (χ0n) is 17.4. The summed E-state index contributed by atoms with van der Waals surface area (Å²) in [5.41, 5.74) is 6.10. The fraction of sp³-hybridized carbons (Fsp3) is 0.208. The van der Waals surface area contributed by atoms with Crippen LogP contribution in [0.3, 0.4) is 0 Å². The first-order valence-corrected chi connectivity index (χ1v) is 11.1. The lowest BCUT2D eigenvalue weighted by molar-refractivity contribution is -0.123. The number of aryl methyl sites for hydroxylation is 2. The number of benzene rings is 2. The first kappa shape index (κ1) is 20.6. The van der Waals surface area contributed by atoms with Crippen LogP contribution in [-0.2, 0) is 4.79 Å². The summed E-state index contributed by atoms with van der Waals surface area (Å²) in [4.78, 5) is 15.2. The molecule has 1 amide bonds. The minimum Gasteiger partial charge on any atom is -0.290 e. The van der Waals surface area contributed by atoms with Crippen molar-refractivity contribution in [2.45, 2.75) is 33.7 Å². The SMILES string of the molecule is Cc1ccc(C)c(-c2nn(-c3ccccc3)cc2/C=C2/SC(=S)N(C(C)C)C2=O)c1. The molecule has 0 N–H and O–H groups in total. The standard InChI is InChI=1S/C24H23N3OS2/c1-15(2)27-23(28)21(30-24(27)29)13-18-14-26(19-8-6-5-7-9-19)25-22(18)20-12-16(3)10-11-17(20)4/h5-15H,1-4H3/b21-13+. The number of hydrogen-bond donors (Lipinski definition) is 0. The van der Waals surface area contributed by atoms with Crippen molar-refractivity contribution in [2.75, 3.05) is 0 Å². The van der Waals surface area contributed by atoms with E-state index in [2.05, 4.69) is 32.0 Å². The Bertz CT molecular complexity index is 1160. The Morgan fingerprint density at radius 2 is 1.83 bits per heavy atom. The van der Waals surface area contributed by atoms with Gasteiger partial charge in [0.15, 0.2) is 0 Å². The summed E-state index contributed by atoms with van der Waals surface area (Å²) in [7, 11) is 0. The van der Waals surface area contributed by atoms with Crippen LogP contribution < -0.4 is 0 Å². The highest BCUT2D eigenvalue weighted by Crippen LogP contribution is 2.36. The van der Waals surface area contributed by atoms with Gasteiger partial charge in [-0.25, -0.2) is 4.68 Å². The molecule has 0 spiro atoms. The van der Waals surface area contributed by atoms with Gasteiger partial charge in [0.05, 0.1) is 10.6 Å². The van der Waals surface area contributed by atoms with Crippen molar-refractivity contribution in [2.24, 2.45) is 0 Å². The molecule has 1 fully saturated rings. The first-order valence-electron chi connectivity index (χ1n) is 9.85. The highest BCUT2D eigenvalue weighted by molar-refractivity contribution is 8.26. The molecule has 0 aliphatic carbocycles. The van der Waals surface area contributed by atoms with E-state index < -0.39 is 0 Å². The Labute approximate surface area is 186 Å². The quantitative estimate of drug-likeness (QED) is 0.387. The molecule has 1 aliphatic rings. The largest absolute Gasteiger partial charge is 0.290 e. The van der Waals surface area contributed by atoms with Crippen LogP contribution >= 0.6 is 24.0 Å². The van der Waals surface area contributed by atoms with Gasteiger partial charge in [0, 0.05) is 23.4 Å². The molecule has 1 aliphatic heterocycles. The molecular weight excluding hydrogens is 410 g/mol. The Morgan fingerprint density at radius 3 is 2.50 bits per heavy atom. The molecule has 152 valence electrons. The topological polar surface area (TPSA) is 38.1 Å². The van der Waals surface area contributed by atoms with Gasteiger partial charge in [0.1, 0.15) is 10.0 Å². The van der Waals surface area contributed by atoms with Crippen LogP contribution in [0.5, 0.6) is 0 Å². The maximum absolute atomic E-state index is 12.9. The molecule has 3 aromatic rings. The number of thioether (sulfide) groups is 1. The van der Waals surface area contributed by atoms with E-state index in [9.17, 15) is 4.79 Å². The third-order valence-corrected chi connectivity index (χ3v) is 6.37. The van der Waals surface area contributed by atoms with E-state index in [0.29, 0.717) is 9.23 Å². The van der Waals surface area contributed by atoms with Crippen molar-refractivity contribution >= 4 is 40.3 Å². The van der Waals surface area contributed by atoms with Crippen LogP contribution in [-0.4, -0.2) is 30.9 Å². The second kappa shape index (κ2) is 8.20. The average molecular weight is 434 g/mol. The number of aromatic nitrogens is 2. The summed E-state index contributed by atoms with van der Waals surface area (Å²) in [6, 6.07) is 16.4. The van der Waals surface area contributed by atoms with Crippen molar-refractivity contribution in [1.82, 2.24) is 14.7 Å². The van der Waals surface area contributed by atoms with Crippen molar-refractivity contribution in [1.29, 1.82) is 0 Å². The van der Waals surface area contributed by atoms with Crippen LogP contribution in [0.25, 0.3) is 23.0 Å². The van der Waals surface area contributed by atoms with Gasteiger partial charge in [-0.3, -0.25) is 9.69 Å². The van der Waals surface area contributed by atoms with Gasteiger partial charge in [-0.1, -0.05) is 59.9 Å². The van der Waals surface area contributed by atoms with Gasteiger partial charge in [-0.15, -0.1) is 0 Å². The molecule has 6 heteroatoms. The van der Waals surface area contributed by atoms with Gasteiger partial charge >= 0.3 is 0 Å². The van der Waals surface area contributed by atoms with Crippen LogP contribution in [0, 0.1) is 13.8 Å². The molecule has 1 saturated heterocycles. The summed E-state index contributed by atoms with van der Waals surface area (Å²) in [5, 5.41) is 4.90. The van der Waals surface area contributed by atoms with Gasteiger partial charge < -0.3 is 0 Å². The lowest BCUT2D eigenvalue weighted by atomic mass is 10.0. The van der Waals surface area contributed by atoms with Gasteiger partial charge in [-0.05, 0) is 57.5 Å². The fourth-order valence-corrected chi connectivity index (χ4v) is 4.99. The normalized spacial score (nSPS) is 15.6. The summed E-state index contributed by atoms with van der Waals surface area (Å²) >= 11 is 6.79. The summed E-state index contributed by atoms with van der Waals surface area (Å²) < 4.78 is 2.47. The first-order chi connectivity index (χ1) is 14.3. The maximum Gasteiger partial charge on any atom is 0.266 e. The van der Waals surface area contributed by atoms with E-state index in [-0.39, 0.29) is 11.9 Å². The highest BCUT2D eigenvalue weighted by Gasteiger charge is 2.34. The van der Waals surface area contributed by atoms with Crippen molar-refractivity contribution < 1.29 is 4.79 Å². The lowest BCUT2D eigenvalue weighted by Crippen LogP contribution is -2.34. The Morgan fingerprint density at radius 1 is 1.10 bits per heavy atom. The Kier molecular flexibility index (Phi) is 5.62. The number of amides is 1. The van der Waals surface area contributed by atoms with E-state index in [1.807, 2.05) is 61.1 Å². The molecule has 30 heavy (non-hydrogen) atoms. The Hall–Kier alpha value is -2.70. The number of hydrogen-bond acceptors (Lipinski definition) is 4. The van der Waals surface area contributed by atoms with Crippen LogP contribution in [0.15, 0.2) is 59.6 Å². The summed E-state index contributed by atoms with van der Waals surface area (Å²) in [6.07, 6.45) is 3.90. The monoisotopic (exact) mass is 433 g/mol. The third kappa shape index (κ3) is 3.85. The van der Waals surface area contributed by atoms with Crippen molar-refractivity contribution in [3.63, 3.8) is 0 Å². The lowest BCUT2D eigenvalue weighted by Gasteiger charge is -2.18. The zero-order valence-corrected chi connectivity index (χ0v) is 19.1. The third-order valence-electron chi connectivity index (χ3n) is 5.04. The molecule has 0 unspecified atom stereocenters. The second-order valence-electron chi connectivity index (χ2n) is 7.68. The van der Waals surface area contributed by atoms with Gasteiger partial charge in [-0.2, -0.15) is 5.10 Å². The van der Waals surface area contributed by atoms with Crippen LogP contribution in [0.2, 0.25) is 0 Å². The van der Waals surface area contributed by atoms with E-state index in [1.165, 1.54) is 17.3 Å². The van der Waals surface area contributed by atoms with Crippen LogP contribution in [0.1, 0.15) is 30.5 Å². The molecule has 4 nitrogen and oxygen atoms in total. The number of para-hydroxylation sites is 1. The van der Waals surface area contributed by atoms with Gasteiger partial charge in [0.25, 0.3) is 5.91 Å². The predicted octanol–water partition coefficient (Wildman–Crippen LogP) is 5.77. The van der Waals surface area contributed by atoms with Crippen molar-refractivity contribution in [3.05, 3.63) is 76.3 Å².